The van der Waals surface area contributed by atoms with Crippen LogP contribution in [0.15, 0.2) is 65.7 Å². The Balaban J connectivity index is 1.59. The Bertz CT molecular complexity index is 1620. The Morgan fingerprint density at radius 1 is 1.00 bits per heavy atom. The van der Waals surface area contributed by atoms with Crippen molar-refractivity contribution >= 4 is 57.3 Å². The van der Waals surface area contributed by atoms with E-state index in [1.54, 1.807) is 28.8 Å². The van der Waals surface area contributed by atoms with E-state index in [1.165, 1.54) is 24.5 Å². The minimum absolute atomic E-state index is 0.180. The van der Waals surface area contributed by atoms with Crippen LogP contribution in [-0.4, -0.2) is 25.2 Å². The molecule has 0 aliphatic heterocycles. The number of fused-ring (bicyclic) bond motifs is 3. The highest BCUT2D eigenvalue weighted by molar-refractivity contribution is 6.37. The van der Waals surface area contributed by atoms with Gasteiger partial charge in [-0.2, -0.15) is 5.10 Å². The monoisotopic (exact) mass is 497 g/mol. The van der Waals surface area contributed by atoms with Crippen LogP contribution in [0.5, 0.6) is 0 Å². The third-order valence-corrected chi connectivity index (χ3v) is 6.02. The minimum atomic E-state index is -0.549. The molecule has 5 rings (SSSR count). The molecule has 1 N–H and O–H groups in total. The van der Waals surface area contributed by atoms with Crippen molar-refractivity contribution < 1.29 is 4.79 Å². The van der Waals surface area contributed by atoms with Crippen molar-refractivity contribution in [3.63, 3.8) is 0 Å². The van der Waals surface area contributed by atoms with Gasteiger partial charge >= 0.3 is 0 Å². The van der Waals surface area contributed by atoms with E-state index < -0.39 is 11.5 Å². The van der Waals surface area contributed by atoms with Gasteiger partial charge in [0.25, 0.3) is 11.5 Å². The first-order valence-electron chi connectivity index (χ1n) is 9.75. The molecule has 0 aliphatic rings. The van der Waals surface area contributed by atoms with Crippen LogP contribution in [-0.2, 0) is 0 Å². The third kappa shape index (κ3) is 3.74. The molecule has 0 bridgehead atoms. The molecule has 0 saturated heterocycles. The lowest BCUT2D eigenvalue weighted by molar-refractivity contribution is 0.101. The van der Waals surface area contributed by atoms with Crippen LogP contribution in [0.3, 0.4) is 0 Å². The molecule has 0 saturated carbocycles. The van der Waals surface area contributed by atoms with Gasteiger partial charge in [0.2, 0.25) is 0 Å². The molecule has 0 spiro atoms. The fourth-order valence-corrected chi connectivity index (χ4v) is 4.28. The average Bonchev–Trinajstić information content (AvgIpc) is 3.12. The number of aromatic nitrogens is 4. The molecule has 2 aromatic carbocycles. The summed E-state index contributed by atoms with van der Waals surface area (Å²) in [6.07, 6.45) is 2.94. The molecule has 3 aromatic heterocycles. The van der Waals surface area contributed by atoms with E-state index >= 15 is 0 Å². The van der Waals surface area contributed by atoms with Crippen molar-refractivity contribution in [1.82, 2.24) is 19.3 Å². The molecule has 0 aliphatic carbocycles. The molecule has 1 amide bonds. The fourth-order valence-electron chi connectivity index (χ4n) is 3.66. The first-order valence-corrected chi connectivity index (χ1v) is 10.9. The Morgan fingerprint density at radius 3 is 2.45 bits per heavy atom. The first kappa shape index (κ1) is 21.5. The zero-order valence-electron chi connectivity index (χ0n) is 17.0. The molecular weight excluding hydrogens is 485 g/mol. The predicted molar refractivity (Wildman–Crippen MR) is 130 cm³/mol. The molecular formula is C23H14Cl3N5O2. The van der Waals surface area contributed by atoms with Crippen molar-refractivity contribution in [1.29, 1.82) is 0 Å². The molecule has 0 fully saturated rings. The van der Waals surface area contributed by atoms with Crippen molar-refractivity contribution in [3.05, 3.63) is 97.6 Å². The molecule has 5 aromatic rings. The molecule has 10 heteroatoms. The summed E-state index contributed by atoms with van der Waals surface area (Å²) < 4.78 is 2.71. The minimum Gasteiger partial charge on any atom is -0.267 e. The number of halogens is 3. The fraction of sp³-hybridized carbons (Fsp3) is 0.0435. The van der Waals surface area contributed by atoms with Gasteiger partial charge in [0.15, 0.2) is 5.65 Å². The summed E-state index contributed by atoms with van der Waals surface area (Å²) in [6.45, 7) is 1.88. The number of rotatable bonds is 3. The first-order chi connectivity index (χ1) is 15.8. The summed E-state index contributed by atoms with van der Waals surface area (Å²) in [5.74, 6) is -0.549. The molecule has 7 nitrogen and oxygen atoms in total. The van der Waals surface area contributed by atoms with Crippen LogP contribution in [0, 0.1) is 6.92 Å². The van der Waals surface area contributed by atoms with Crippen molar-refractivity contribution in [3.8, 4) is 11.1 Å². The maximum atomic E-state index is 13.1. The number of hydrogen-bond donors (Lipinski definition) is 1. The summed E-state index contributed by atoms with van der Waals surface area (Å²) in [5, 5.41) is 6.10. The summed E-state index contributed by atoms with van der Waals surface area (Å²) in [7, 11) is 0. The van der Waals surface area contributed by atoms with Crippen LogP contribution in [0.2, 0.25) is 15.1 Å². The SMILES string of the molecule is Cc1nn2c(ncc3c(=O)n(NC(=O)c4ccc(Cl)cc4Cl)ccc32)c1-c1ccc(Cl)cc1. The standard InChI is InChI=1S/C23H14Cl3N5O2/c1-12-20(13-2-4-14(24)5-3-13)21-27-11-17-19(31(21)28-12)8-9-30(23(17)33)29-22(32)16-7-6-15(25)10-18(16)26/h2-11H,1H3,(H,29,32). The third-order valence-electron chi connectivity index (χ3n) is 5.22. The van der Waals surface area contributed by atoms with Gasteiger partial charge in [0.1, 0.15) is 0 Å². The lowest BCUT2D eigenvalue weighted by Gasteiger charge is -2.11. The molecule has 164 valence electrons. The normalized spacial score (nSPS) is 11.3. The Labute approximate surface area is 202 Å². The molecule has 0 unspecified atom stereocenters. The lowest BCUT2D eigenvalue weighted by atomic mass is 10.1. The van der Waals surface area contributed by atoms with Crippen molar-refractivity contribution in [2.24, 2.45) is 0 Å². The van der Waals surface area contributed by atoms with Crippen LogP contribution in [0.1, 0.15) is 16.1 Å². The number of hydrogen-bond acceptors (Lipinski definition) is 4. The molecule has 0 atom stereocenters. The summed E-state index contributed by atoms with van der Waals surface area (Å²) in [5.41, 5.74) is 5.97. The Hall–Kier alpha value is -3.39. The molecule has 3 heterocycles. The molecule has 0 radical (unpaired) electrons. The topological polar surface area (TPSA) is 81.3 Å². The van der Waals surface area contributed by atoms with E-state index in [1.807, 2.05) is 19.1 Å². The number of carbonyl (C=O) groups is 1. The Kier molecular flexibility index (Phi) is 5.32. The second kappa shape index (κ2) is 8.19. The maximum Gasteiger partial charge on any atom is 0.280 e. The number of pyridine rings is 1. The van der Waals surface area contributed by atoms with Gasteiger partial charge in [-0.05, 0) is 48.9 Å². The lowest BCUT2D eigenvalue weighted by Crippen LogP contribution is -2.33. The number of carbonyl (C=O) groups excluding carboxylic acids is 1. The van der Waals surface area contributed by atoms with Crippen LogP contribution in [0.4, 0.5) is 0 Å². The zero-order chi connectivity index (χ0) is 23.3. The van der Waals surface area contributed by atoms with Crippen molar-refractivity contribution in [2.45, 2.75) is 6.92 Å². The smallest absolute Gasteiger partial charge is 0.267 e. The van der Waals surface area contributed by atoms with Gasteiger partial charge in [0, 0.05) is 28.0 Å². The van der Waals surface area contributed by atoms with E-state index in [-0.39, 0.29) is 16.0 Å². The Morgan fingerprint density at radius 2 is 1.73 bits per heavy atom. The van der Waals surface area contributed by atoms with Gasteiger partial charge in [-0.15, -0.1) is 0 Å². The predicted octanol–water partition coefficient (Wildman–Crippen LogP) is 5.36. The molecule has 33 heavy (non-hydrogen) atoms. The van der Waals surface area contributed by atoms with Gasteiger partial charge in [-0.3, -0.25) is 15.0 Å². The average molecular weight is 499 g/mol. The number of nitrogens with one attached hydrogen (secondary N) is 1. The number of amides is 1. The van der Waals surface area contributed by atoms with Crippen LogP contribution >= 0.6 is 34.8 Å². The van der Waals surface area contributed by atoms with Gasteiger partial charge in [0.05, 0.1) is 27.2 Å². The van der Waals surface area contributed by atoms with Gasteiger partial charge in [-0.25, -0.2) is 14.2 Å². The number of nitrogens with zero attached hydrogens (tertiary/aromatic N) is 4. The summed E-state index contributed by atoms with van der Waals surface area (Å²) >= 11 is 18.0. The summed E-state index contributed by atoms with van der Waals surface area (Å²) in [4.78, 5) is 30.2. The van der Waals surface area contributed by atoms with Crippen molar-refractivity contribution in [2.75, 3.05) is 5.43 Å². The summed E-state index contributed by atoms with van der Waals surface area (Å²) in [6, 6.07) is 13.6. The number of aryl methyl sites for hydroxylation is 1. The highest BCUT2D eigenvalue weighted by Crippen LogP contribution is 2.29. The van der Waals surface area contributed by atoms with E-state index in [0.29, 0.717) is 21.2 Å². The van der Waals surface area contributed by atoms with Crippen LogP contribution < -0.4 is 11.0 Å². The van der Waals surface area contributed by atoms with E-state index in [0.717, 1.165) is 21.5 Å². The quantitative estimate of drug-likeness (QED) is 0.363. The van der Waals surface area contributed by atoms with E-state index in [9.17, 15) is 9.59 Å². The van der Waals surface area contributed by atoms with E-state index in [2.05, 4.69) is 15.5 Å². The largest absolute Gasteiger partial charge is 0.280 e. The van der Waals surface area contributed by atoms with Gasteiger partial charge < -0.3 is 0 Å². The van der Waals surface area contributed by atoms with Crippen LogP contribution in [0.25, 0.3) is 27.7 Å². The van der Waals surface area contributed by atoms with Gasteiger partial charge in [-0.1, -0.05) is 46.9 Å². The van der Waals surface area contributed by atoms with E-state index in [4.69, 9.17) is 34.8 Å². The second-order valence-electron chi connectivity index (χ2n) is 7.32. The second-order valence-corrected chi connectivity index (χ2v) is 8.60. The zero-order valence-corrected chi connectivity index (χ0v) is 19.3. The number of benzene rings is 2. The maximum absolute atomic E-state index is 13.1. The highest BCUT2D eigenvalue weighted by atomic mass is 35.5. The highest BCUT2D eigenvalue weighted by Gasteiger charge is 2.17.